The standard InChI is InChI=1S/C13H19BrN2OS.ClH/c1-10-9-16(8-7-15-10)13(17)4-2-3-11-5-6-12(14)18-11;/h5-6,10,15H,2-4,7-9H2,1H3;1H. The predicted molar refractivity (Wildman–Crippen MR) is 86.2 cm³/mol. The molecular weight excluding hydrogens is 348 g/mol. The van der Waals surface area contributed by atoms with Crippen molar-refractivity contribution in [3.63, 3.8) is 0 Å². The van der Waals surface area contributed by atoms with Gasteiger partial charge in [-0.25, -0.2) is 0 Å². The summed E-state index contributed by atoms with van der Waals surface area (Å²) in [4.78, 5) is 15.4. The lowest BCUT2D eigenvalue weighted by atomic mass is 10.1. The van der Waals surface area contributed by atoms with Crippen molar-refractivity contribution in [3.05, 3.63) is 20.8 Å². The van der Waals surface area contributed by atoms with Crippen LogP contribution in [0.3, 0.4) is 0 Å². The van der Waals surface area contributed by atoms with E-state index in [-0.39, 0.29) is 12.4 Å². The van der Waals surface area contributed by atoms with E-state index in [0.29, 0.717) is 18.4 Å². The molecule has 1 unspecified atom stereocenters. The van der Waals surface area contributed by atoms with E-state index in [1.807, 2.05) is 4.90 Å². The number of thiophene rings is 1. The lowest BCUT2D eigenvalue weighted by Gasteiger charge is -2.32. The number of amides is 1. The average molecular weight is 368 g/mol. The van der Waals surface area contributed by atoms with Gasteiger partial charge in [-0.05, 0) is 47.8 Å². The Hall–Kier alpha value is -0.100. The van der Waals surface area contributed by atoms with Gasteiger partial charge in [0.25, 0.3) is 0 Å². The first-order valence-electron chi connectivity index (χ1n) is 6.40. The fourth-order valence-corrected chi connectivity index (χ4v) is 3.74. The van der Waals surface area contributed by atoms with Crippen LogP contribution in [0.5, 0.6) is 0 Å². The Morgan fingerprint density at radius 1 is 1.58 bits per heavy atom. The second-order valence-electron chi connectivity index (χ2n) is 4.75. The highest BCUT2D eigenvalue weighted by atomic mass is 79.9. The van der Waals surface area contributed by atoms with Gasteiger partial charge in [0, 0.05) is 37.0 Å². The smallest absolute Gasteiger partial charge is 0.222 e. The molecule has 1 aromatic heterocycles. The van der Waals surface area contributed by atoms with E-state index in [0.717, 1.165) is 32.5 Å². The van der Waals surface area contributed by atoms with Gasteiger partial charge in [-0.15, -0.1) is 23.7 Å². The van der Waals surface area contributed by atoms with Gasteiger partial charge in [0.15, 0.2) is 0 Å². The highest BCUT2D eigenvalue weighted by molar-refractivity contribution is 9.11. The molecule has 0 aliphatic carbocycles. The first kappa shape index (κ1) is 17.0. The van der Waals surface area contributed by atoms with E-state index in [4.69, 9.17) is 0 Å². The van der Waals surface area contributed by atoms with Gasteiger partial charge in [-0.2, -0.15) is 0 Å². The number of piperazine rings is 1. The third-order valence-corrected chi connectivity index (χ3v) is 4.85. The van der Waals surface area contributed by atoms with Crippen molar-refractivity contribution in [2.75, 3.05) is 19.6 Å². The molecule has 0 radical (unpaired) electrons. The Labute approximate surface area is 133 Å². The highest BCUT2D eigenvalue weighted by Crippen LogP contribution is 2.23. The van der Waals surface area contributed by atoms with E-state index in [9.17, 15) is 4.79 Å². The molecule has 0 bridgehead atoms. The fourth-order valence-electron chi connectivity index (χ4n) is 2.22. The number of hydrogen-bond acceptors (Lipinski definition) is 3. The molecule has 0 saturated carbocycles. The van der Waals surface area contributed by atoms with Crippen molar-refractivity contribution in [1.29, 1.82) is 0 Å². The summed E-state index contributed by atoms with van der Waals surface area (Å²) in [6.45, 7) is 4.75. The summed E-state index contributed by atoms with van der Waals surface area (Å²) in [5.41, 5.74) is 0. The second kappa shape index (κ2) is 8.25. The van der Waals surface area contributed by atoms with Crippen LogP contribution in [0.1, 0.15) is 24.6 Å². The van der Waals surface area contributed by atoms with Crippen LogP contribution in [-0.4, -0.2) is 36.5 Å². The van der Waals surface area contributed by atoms with E-state index in [1.165, 1.54) is 8.66 Å². The largest absolute Gasteiger partial charge is 0.340 e. The molecule has 3 nitrogen and oxygen atoms in total. The van der Waals surface area contributed by atoms with Gasteiger partial charge >= 0.3 is 0 Å². The first-order chi connectivity index (χ1) is 8.65. The molecule has 6 heteroatoms. The van der Waals surface area contributed by atoms with E-state index < -0.39 is 0 Å². The molecule has 2 rings (SSSR count). The molecule has 1 atom stereocenters. The number of nitrogens with zero attached hydrogens (tertiary/aromatic N) is 1. The van der Waals surface area contributed by atoms with Crippen LogP contribution in [0.4, 0.5) is 0 Å². The SMILES string of the molecule is CC1CN(C(=O)CCCc2ccc(Br)s2)CCN1.Cl. The van der Waals surface area contributed by atoms with Crippen molar-refractivity contribution in [1.82, 2.24) is 10.2 Å². The van der Waals surface area contributed by atoms with Crippen LogP contribution in [0, 0.1) is 0 Å². The average Bonchev–Trinajstić information content (AvgIpc) is 2.75. The lowest BCUT2D eigenvalue weighted by Crippen LogP contribution is -2.51. The van der Waals surface area contributed by atoms with E-state index in [2.05, 4.69) is 40.3 Å². The molecule has 0 aromatic carbocycles. The molecule has 2 heterocycles. The van der Waals surface area contributed by atoms with Crippen LogP contribution in [0.2, 0.25) is 0 Å². The zero-order valence-corrected chi connectivity index (χ0v) is 14.2. The minimum atomic E-state index is 0. The molecule has 19 heavy (non-hydrogen) atoms. The molecule has 1 aromatic rings. The summed E-state index contributed by atoms with van der Waals surface area (Å²) in [5.74, 6) is 0.305. The number of carbonyl (C=O) groups excluding carboxylic acids is 1. The maximum atomic E-state index is 12.0. The number of aryl methyl sites for hydroxylation is 1. The van der Waals surface area contributed by atoms with Crippen molar-refractivity contribution >= 4 is 45.6 Å². The molecule has 1 N–H and O–H groups in total. The summed E-state index contributed by atoms with van der Waals surface area (Å²) in [5, 5.41) is 3.35. The van der Waals surface area contributed by atoms with E-state index >= 15 is 0 Å². The number of carbonyl (C=O) groups is 1. The summed E-state index contributed by atoms with van der Waals surface area (Å²) in [7, 11) is 0. The van der Waals surface area contributed by atoms with Gasteiger partial charge in [-0.3, -0.25) is 4.79 Å². The quantitative estimate of drug-likeness (QED) is 0.887. The highest BCUT2D eigenvalue weighted by Gasteiger charge is 2.19. The van der Waals surface area contributed by atoms with Crippen LogP contribution >= 0.6 is 39.7 Å². The molecule has 1 aliphatic heterocycles. The summed E-state index contributed by atoms with van der Waals surface area (Å²) in [6.07, 6.45) is 2.62. The Morgan fingerprint density at radius 3 is 3.00 bits per heavy atom. The zero-order chi connectivity index (χ0) is 13.0. The van der Waals surface area contributed by atoms with Crippen LogP contribution in [0.25, 0.3) is 0 Å². The van der Waals surface area contributed by atoms with Crippen LogP contribution in [0.15, 0.2) is 15.9 Å². The van der Waals surface area contributed by atoms with Gasteiger partial charge in [0.05, 0.1) is 3.79 Å². The minimum Gasteiger partial charge on any atom is -0.340 e. The van der Waals surface area contributed by atoms with Crippen LogP contribution in [-0.2, 0) is 11.2 Å². The van der Waals surface area contributed by atoms with Crippen LogP contribution < -0.4 is 5.32 Å². The first-order valence-corrected chi connectivity index (χ1v) is 8.01. The Kier molecular flexibility index (Phi) is 7.36. The third kappa shape index (κ3) is 5.42. The number of rotatable bonds is 4. The lowest BCUT2D eigenvalue weighted by molar-refractivity contribution is -0.132. The maximum absolute atomic E-state index is 12.0. The van der Waals surface area contributed by atoms with Crippen molar-refractivity contribution in [2.45, 2.75) is 32.2 Å². The molecule has 1 aliphatic rings. The minimum absolute atomic E-state index is 0. The maximum Gasteiger partial charge on any atom is 0.222 e. The summed E-state index contributed by atoms with van der Waals surface area (Å²) < 4.78 is 1.17. The monoisotopic (exact) mass is 366 g/mol. The number of halogens is 2. The zero-order valence-electron chi connectivity index (χ0n) is 11.0. The molecule has 1 fully saturated rings. The number of hydrogen-bond donors (Lipinski definition) is 1. The number of nitrogens with one attached hydrogen (secondary N) is 1. The Balaban J connectivity index is 0.00000180. The van der Waals surface area contributed by atoms with Gasteiger partial charge < -0.3 is 10.2 Å². The molecular formula is C13H20BrClN2OS. The predicted octanol–water partition coefficient (Wildman–Crippen LogP) is 3.08. The van der Waals surface area contributed by atoms with Gasteiger partial charge in [0.1, 0.15) is 0 Å². The second-order valence-corrected chi connectivity index (χ2v) is 7.30. The Bertz CT molecular complexity index is 413. The fraction of sp³-hybridized carbons (Fsp3) is 0.615. The van der Waals surface area contributed by atoms with E-state index in [1.54, 1.807) is 11.3 Å². The van der Waals surface area contributed by atoms with Gasteiger partial charge in [-0.1, -0.05) is 0 Å². The van der Waals surface area contributed by atoms with Gasteiger partial charge in [0.2, 0.25) is 5.91 Å². The molecule has 1 amide bonds. The Morgan fingerprint density at radius 2 is 2.37 bits per heavy atom. The third-order valence-electron chi connectivity index (χ3n) is 3.16. The summed E-state index contributed by atoms with van der Waals surface area (Å²) >= 11 is 5.22. The molecule has 108 valence electrons. The molecule has 1 saturated heterocycles. The topological polar surface area (TPSA) is 32.3 Å². The molecule has 0 spiro atoms. The normalized spacial score (nSPS) is 19.1. The van der Waals surface area contributed by atoms with Crippen molar-refractivity contribution in [3.8, 4) is 0 Å². The van der Waals surface area contributed by atoms with Crippen molar-refractivity contribution < 1.29 is 4.79 Å². The summed E-state index contributed by atoms with van der Waals surface area (Å²) in [6, 6.07) is 4.63. The van der Waals surface area contributed by atoms with Crippen molar-refractivity contribution in [2.24, 2.45) is 0 Å².